The van der Waals surface area contributed by atoms with E-state index in [9.17, 15) is 0 Å². The predicted octanol–water partition coefficient (Wildman–Crippen LogP) is 2.65. The van der Waals surface area contributed by atoms with Gasteiger partial charge in [0.2, 0.25) is 0 Å². The molecule has 2 heteroatoms. The highest BCUT2D eigenvalue weighted by Gasteiger charge is 1.96. The first-order valence-electron chi connectivity index (χ1n) is 3.49. The molecule has 0 rings (SSSR count). The van der Waals surface area contributed by atoms with Crippen LogP contribution in [0.25, 0.3) is 0 Å². The average molecular weight is 220 g/mol. The molecule has 0 spiro atoms. The molecule has 66 valence electrons. The van der Waals surface area contributed by atoms with E-state index in [0.29, 0.717) is 0 Å². The average Bonchev–Trinajstić information content (AvgIpc) is 1.58. The van der Waals surface area contributed by atoms with Crippen LogP contribution < -0.4 is 0 Å². The second kappa shape index (κ2) is 6.62. The molecule has 0 bridgehead atoms. The quantitative estimate of drug-likeness (QED) is 0.658. The van der Waals surface area contributed by atoms with Crippen molar-refractivity contribution in [1.82, 2.24) is 4.90 Å². The molecular formula is C9H18BrN. The summed E-state index contributed by atoms with van der Waals surface area (Å²) in [6.07, 6.45) is 0. The Morgan fingerprint density at radius 2 is 1.36 bits per heavy atom. The maximum absolute atomic E-state index is 3.83. The van der Waals surface area contributed by atoms with E-state index in [4.69, 9.17) is 0 Å². The summed E-state index contributed by atoms with van der Waals surface area (Å²) >= 11 is 0. The number of likely N-dealkylation sites (N-methyl/N-ethyl adjacent to an activating group) is 1. The molecule has 0 saturated carbocycles. The van der Waals surface area contributed by atoms with E-state index >= 15 is 0 Å². The molecule has 0 aromatic carbocycles. The lowest BCUT2D eigenvalue weighted by atomic mass is 10.3. The van der Waals surface area contributed by atoms with Crippen molar-refractivity contribution in [3.8, 4) is 0 Å². The van der Waals surface area contributed by atoms with Crippen LogP contribution in [0.3, 0.4) is 0 Å². The van der Waals surface area contributed by atoms with Crippen LogP contribution >= 0.6 is 17.0 Å². The van der Waals surface area contributed by atoms with Crippen LogP contribution in [0, 0.1) is 0 Å². The van der Waals surface area contributed by atoms with Crippen molar-refractivity contribution in [3.05, 3.63) is 24.3 Å². The molecule has 0 aliphatic heterocycles. The minimum atomic E-state index is 0. The van der Waals surface area contributed by atoms with Crippen molar-refractivity contribution in [2.24, 2.45) is 0 Å². The maximum Gasteiger partial charge on any atom is 0.0187 e. The van der Waals surface area contributed by atoms with Gasteiger partial charge in [0.1, 0.15) is 0 Å². The van der Waals surface area contributed by atoms with Crippen molar-refractivity contribution in [2.75, 3.05) is 20.1 Å². The fourth-order valence-corrected chi connectivity index (χ4v) is 0.977. The van der Waals surface area contributed by atoms with Gasteiger partial charge in [-0.2, -0.15) is 0 Å². The van der Waals surface area contributed by atoms with Crippen molar-refractivity contribution >= 4 is 17.0 Å². The zero-order valence-corrected chi connectivity index (χ0v) is 9.40. The van der Waals surface area contributed by atoms with Crippen LogP contribution in [0.2, 0.25) is 0 Å². The second-order valence-electron chi connectivity index (χ2n) is 3.09. The number of rotatable bonds is 4. The largest absolute Gasteiger partial charge is 0.299 e. The highest BCUT2D eigenvalue weighted by Crippen LogP contribution is 1.95. The number of nitrogens with zero attached hydrogens (tertiary/aromatic N) is 1. The zero-order valence-electron chi connectivity index (χ0n) is 7.68. The summed E-state index contributed by atoms with van der Waals surface area (Å²) in [4.78, 5) is 2.20. The van der Waals surface area contributed by atoms with Gasteiger partial charge in [-0.15, -0.1) is 17.0 Å². The zero-order chi connectivity index (χ0) is 8.15. The van der Waals surface area contributed by atoms with Crippen LogP contribution in [-0.2, 0) is 0 Å². The van der Waals surface area contributed by atoms with Crippen LogP contribution in [0.1, 0.15) is 13.8 Å². The Kier molecular flexibility index (Phi) is 8.13. The third-order valence-corrected chi connectivity index (χ3v) is 1.08. The number of hydrogen-bond donors (Lipinski definition) is 0. The third kappa shape index (κ3) is 9.92. The fraction of sp³-hybridized carbons (Fsp3) is 0.556. The van der Waals surface area contributed by atoms with E-state index in [1.807, 2.05) is 13.8 Å². The van der Waals surface area contributed by atoms with Gasteiger partial charge in [-0.3, -0.25) is 4.90 Å². The first-order valence-corrected chi connectivity index (χ1v) is 3.49. The normalized spacial score (nSPS) is 9.09. The summed E-state index contributed by atoms with van der Waals surface area (Å²) < 4.78 is 0. The molecule has 0 saturated heterocycles. The summed E-state index contributed by atoms with van der Waals surface area (Å²) in [7, 11) is 2.07. The monoisotopic (exact) mass is 219 g/mol. The Bertz CT molecular complexity index is 124. The fourth-order valence-electron chi connectivity index (χ4n) is 0.977. The van der Waals surface area contributed by atoms with E-state index in [2.05, 4.69) is 25.1 Å². The van der Waals surface area contributed by atoms with Gasteiger partial charge >= 0.3 is 0 Å². The molecule has 0 aliphatic rings. The molecular weight excluding hydrogens is 202 g/mol. The lowest BCUT2D eigenvalue weighted by molar-refractivity contribution is 0.394. The summed E-state index contributed by atoms with van der Waals surface area (Å²) in [5, 5.41) is 0. The van der Waals surface area contributed by atoms with Crippen LogP contribution in [0.5, 0.6) is 0 Å². The van der Waals surface area contributed by atoms with Gasteiger partial charge in [0.15, 0.2) is 0 Å². The Morgan fingerprint density at radius 1 is 1.09 bits per heavy atom. The topological polar surface area (TPSA) is 3.24 Å². The minimum Gasteiger partial charge on any atom is -0.299 e. The highest BCUT2D eigenvalue weighted by atomic mass is 79.9. The van der Waals surface area contributed by atoms with Crippen molar-refractivity contribution in [1.29, 1.82) is 0 Å². The Morgan fingerprint density at radius 3 is 1.55 bits per heavy atom. The molecule has 0 aromatic rings. The van der Waals surface area contributed by atoms with Gasteiger partial charge in [-0.1, -0.05) is 24.3 Å². The lowest BCUT2D eigenvalue weighted by Crippen LogP contribution is -2.21. The van der Waals surface area contributed by atoms with Crippen molar-refractivity contribution in [2.45, 2.75) is 13.8 Å². The van der Waals surface area contributed by atoms with E-state index in [1.54, 1.807) is 0 Å². The summed E-state index contributed by atoms with van der Waals surface area (Å²) in [6.45, 7) is 13.7. The molecule has 0 aliphatic carbocycles. The van der Waals surface area contributed by atoms with E-state index < -0.39 is 0 Å². The van der Waals surface area contributed by atoms with E-state index in [1.165, 1.54) is 11.1 Å². The standard InChI is InChI=1S/C9H17N.BrH/c1-8(2)6-10(5)7-9(3)4;/h1,3,6-7H2,2,4-5H3;1H. The van der Waals surface area contributed by atoms with Gasteiger partial charge < -0.3 is 0 Å². The first kappa shape index (κ1) is 13.5. The molecule has 0 heterocycles. The minimum absolute atomic E-state index is 0. The van der Waals surface area contributed by atoms with Crippen molar-refractivity contribution < 1.29 is 0 Å². The van der Waals surface area contributed by atoms with Gasteiger partial charge in [0, 0.05) is 13.1 Å². The Balaban J connectivity index is 0. The van der Waals surface area contributed by atoms with Crippen molar-refractivity contribution in [3.63, 3.8) is 0 Å². The van der Waals surface area contributed by atoms with Gasteiger partial charge in [-0.05, 0) is 20.9 Å². The molecule has 0 aromatic heterocycles. The van der Waals surface area contributed by atoms with Crippen LogP contribution in [-0.4, -0.2) is 25.0 Å². The van der Waals surface area contributed by atoms with Gasteiger partial charge in [-0.25, -0.2) is 0 Å². The maximum atomic E-state index is 3.83. The summed E-state index contributed by atoms with van der Waals surface area (Å²) in [6, 6.07) is 0. The van der Waals surface area contributed by atoms with Crippen LogP contribution in [0.4, 0.5) is 0 Å². The first-order chi connectivity index (χ1) is 4.52. The SMILES string of the molecule is Br.C=C(C)CN(C)CC(=C)C. The molecule has 0 atom stereocenters. The molecule has 0 radical (unpaired) electrons. The van der Waals surface area contributed by atoms with E-state index in [0.717, 1.165) is 13.1 Å². The highest BCUT2D eigenvalue weighted by molar-refractivity contribution is 8.93. The molecule has 0 N–H and O–H groups in total. The smallest absolute Gasteiger partial charge is 0.0187 e. The van der Waals surface area contributed by atoms with Gasteiger partial charge in [0.25, 0.3) is 0 Å². The summed E-state index contributed by atoms with van der Waals surface area (Å²) in [5.41, 5.74) is 2.40. The molecule has 0 amide bonds. The summed E-state index contributed by atoms with van der Waals surface area (Å²) in [5.74, 6) is 0. The molecule has 0 unspecified atom stereocenters. The lowest BCUT2D eigenvalue weighted by Gasteiger charge is -2.15. The Labute approximate surface area is 80.6 Å². The molecule has 1 nitrogen and oxygen atoms in total. The second-order valence-corrected chi connectivity index (χ2v) is 3.09. The number of hydrogen-bond acceptors (Lipinski definition) is 1. The Hall–Kier alpha value is -0.0800. The third-order valence-electron chi connectivity index (χ3n) is 1.08. The van der Waals surface area contributed by atoms with Crippen LogP contribution in [0.15, 0.2) is 24.3 Å². The van der Waals surface area contributed by atoms with E-state index in [-0.39, 0.29) is 17.0 Å². The number of halogens is 1. The molecule has 0 fully saturated rings. The predicted molar refractivity (Wildman–Crippen MR) is 57.4 cm³/mol. The van der Waals surface area contributed by atoms with Gasteiger partial charge in [0.05, 0.1) is 0 Å². The molecule has 11 heavy (non-hydrogen) atoms.